The number of amides is 1. The molecule has 0 heterocycles. The topological polar surface area (TPSA) is 75.3 Å². The summed E-state index contributed by atoms with van der Waals surface area (Å²) in [7, 11) is -3.63. The zero-order chi connectivity index (χ0) is 15.4. The van der Waals surface area contributed by atoms with Gasteiger partial charge >= 0.3 is 0 Å². The molecule has 5 nitrogen and oxygen atoms in total. The van der Waals surface area contributed by atoms with Gasteiger partial charge in [0.15, 0.2) is 0 Å². The summed E-state index contributed by atoms with van der Waals surface area (Å²) >= 11 is 5.81. The lowest BCUT2D eigenvalue weighted by Gasteiger charge is -2.26. The maximum atomic E-state index is 12.2. The number of benzene rings is 1. The summed E-state index contributed by atoms with van der Waals surface area (Å²) in [6, 6.07) is 5.97. The fourth-order valence-electron chi connectivity index (χ4n) is 1.50. The van der Waals surface area contributed by atoms with Gasteiger partial charge < -0.3 is 5.32 Å². The third kappa shape index (κ3) is 4.47. The molecule has 0 aliphatic carbocycles. The Kier molecular flexibility index (Phi) is 5.56. The van der Waals surface area contributed by atoms with Crippen LogP contribution in [0.2, 0.25) is 0 Å². The molecule has 0 bridgehead atoms. The van der Waals surface area contributed by atoms with E-state index in [1.54, 1.807) is 19.1 Å². The number of anilines is 1. The second-order valence-electron chi connectivity index (χ2n) is 4.86. The normalized spacial score (nSPS) is 14.6. The average Bonchev–Trinajstić information content (AvgIpc) is 2.38. The number of sulfonamides is 1. The molecule has 1 atom stereocenters. The second kappa shape index (κ2) is 6.56. The molecule has 2 N–H and O–H groups in total. The summed E-state index contributed by atoms with van der Waals surface area (Å²) < 4.78 is 27.1. The number of alkyl halides is 1. The predicted octanol–water partition coefficient (Wildman–Crippen LogP) is 2.33. The van der Waals surface area contributed by atoms with Crippen LogP contribution in [0.1, 0.15) is 27.2 Å². The van der Waals surface area contributed by atoms with Crippen LogP contribution in [0.25, 0.3) is 0 Å². The minimum Gasteiger partial charge on any atom is -0.326 e. The fourth-order valence-corrected chi connectivity index (χ4v) is 3.31. The van der Waals surface area contributed by atoms with Crippen molar-refractivity contribution in [2.24, 2.45) is 0 Å². The van der Waals surface area contributed by atoms with Crippen LogP contribution >= 0.6 is 11.6 Å². The van der Waals surface area contributed by atoms with Crippen molar-refractivity contribution >= 4 is 33.2 Å². The van der Waals surface area contributed by atoms with E-state index >= 15 is 0 Å². The van der Waals surface area contributed by atoms with E-state index in [1.165, 1.54) is 19.1 Å². The lowest BCUT2D eigenvalue weighted by molar-refractivity contribution is -0.114. The Morgan fingerprint density at radius 1 is 1.30 bits per heavy atom. The number of halogens is 1. The van der Waals surface area contributed by atoms with Gasteiger partial charge in [0.05, 0.1) is 4.90 Å². The molecule has 1 aromatic carbocycles. The molecule has 20 heavy (non-hydrogen) atoms. The summed E-state index contributed by atoms with van der Waals surface area (Å²) in [6.07, 6.45) is 0.583. The Balaban J connectivity index is 2.96. The van der Waals surface area contributed by atoms with Crippen molar-refractivity contribution in [2.45, 2.75) is 37.6 Å². The van der Waals surface area contributed by atoms with Crippen LogP contribution in [-0.4, -0.2) is 25.7 Å². The van der Waals surface area contributed by atoms with Gasteiger partial charge in [-0.2, -0.15) is 0 Å². The van der Waals surface area contributed by atoms with E-state index in [9.17, 15) is 13.2 Å². The molecule has 0 fully saturated rings. The first-order chi connectivity index (χ1) is 9.22. The quantitative estimate of drug-likeness (QED) is 0.790. The standard InChI is InChI=1S/C13H19ClN2O3S/c1-4-13(3,9-14)16-20(18,19)12-7-5-11(6-8-12)15-10(2)17/h5-8,16H,4,9H2,1-3H3,(H,15,17). The molecular weight excluding hydrogens is 300 g/mol. The van der Waals surface area contributed by atoms with Gasteiger partial charge in [0.25, 0.3) is 0 Å². The number of hydrogen-bond acceptors (Lipinski definition) is 3. The SMILES string of the molecule is CCC(C)(CCl)NS(=O)(=O)c1ccc(NC(C)=O)cc1. The maximum absolute atomic E-state index is 12.2. The Labute approximate surface area is 124 Å². The molecule has 1 amide bonds. The van der Waals surface area contributed by atoms with E-state index < -0.39 is 15.6 Å². The van der Waals surface area contributed by atoms with Crippen LogP contribution in [0.4, 0.5) is 5.69 Å². The van der Waals surface area contributed by atoms with E-state index in [4.69, 9.17) is 11.6 Å². The summed E-state index contributed by atoms with van der Waals surface area (Å²) in [4.78, 5) is 11.0. The van der Waals surface area contributed by atoms with Crippen molar-refractivity contribution in [3.63, 3.8) is 0 Å². The molecule has 0 spiro atoms. The Morgan fingerprint density at radius 3 is 2.25 bits per heavy atom. The van der Waals surface area contributed by atoms with Gasteiger partial charge in [0.2, 0.25) is 15.9 Å². The lowest BCUT2D eigenvalue weighted by Crippen LogP contribution is -2.46. The minimum absolute atomic E-state index is 0.136. The molecular formula is C13H19ClN2O3S. The highest BCUT2D eigenvalue weighted by Gasteiger charge is 2.28. The number of carbonyl (C=O) groups excluding carboxylic acids is 1. The number of nitrogens with one attached hydrogen (secondary N) is 2. The average molecular weight is 319 g/mol. The van der Waals surface area contributed by atoms with Crippen molar-refractivity contribution in [2.75, 3.05) is 11.2 Å². The smallest absolute Gasteiger partial charge is 0.241 e. The molecule has 0 saturated heterocycles. The van der Waals surface area contributed by atoms with Gasteiger partial charge in [0, 0.05) is 24.0 Å². The van der Waals surface area contributed by atoms with Crippen molar-refractivity contribution in [1.29, 1.82) is 0 Å². The highest BCUT2D eigenvalue weighted by Crippen LogP contribution is 2.19. The molecule has 7 heteroatoms. The van der Waals surface area contributed by atoms with Gasteiger partial charge in [-0.1, -0.05) is 6.92 Å². The fraction of sp³-hybridized carbons (Fsp3) is 0.462. The van der Waals surface area contributed by atoms with Gasteiger partial charge in [-0.3, -0.25) is 4.79 Å². The molecule has 0 saturated carbocycles. The van der Waals surface area contributed by atoms with Crippen molar-refractivity contribution in [1.82, 2.24) is 4.72 Å². The van der Waals surface area contributed by atoms with E-state index in [2.05, 4.69) is 10.0 Å². The molecule has 0 aliphatic rings. The van der Waals surface area contributed by atoms with E-state index in [0.717, 1.165) is 0 Å². The molecule has 112 valence electrons. The van der Waals surface area contributed by atoms with Crippen LogP contribution in [0.15, 0.2) is 29.2 Å². The monoisotopic (exact) mass is 318 g/mol. The summed E-state index contributed by atoms with van der Waals surface area (Å²) in [5, 5.41) is 2.58. The molecule has 1 aromatic rings. The molecule has 1 rings (SSSR count). The minimum atomic E-state index is -3.63. The third-order valence-corrected chi connectivity index (χ3v) is 5.19. The third-order valence-electron chi connectivity index (χ3n) is 2.94. The Bertz CT molecular complexity index is 566. The largest absolute Gasteiger partial charge is 0.326 e. The van der Waals surface area contributed by atoms with Crippen LogP contribution in [0.5, 0.6) is 0 Å². The van der Waals surface area contributed by atoms with Crippen molar-refractivity contribution in [3.8, 4) is 0 Å². The van der Waals surface area contributed by atoms with Crippen LogP contribution in [-0.2, 0) is 14.8 Å². The Morgan fingerprint density at radius 2 is 1.85 bits per heavy atom. The van der Waals surface area contributed by atoms with E-state index in [1.807, 2.05) is 6.92 Å². The first-order valence-electron chi connectivity index (χ1n) is 6.20. The van der Waals surface area contributed by atoms with E-state index in [0.29, 0.717) is 12.1 Å². The Hall–Kier alpha value is -1.11. The number of rotatable bonds is 6. The first-order valence-corrected chi connectivity index (χ1v) is 8.22. The second-order valence-corrected chi connectivity index (χ2v) is 6.81. The van der Waals surface area contributed by atoms with Crippen molar-refractivity contribution < 1.29 is 13.2 Å². The van der Waals surface area contributed by atoms with Crippen LogP contribution in [0, 0.1) is 0 Å². The van der Waals surface area contributed by atoms with Gasteiger partial charge in [-0.05, 0) is 37.6 Å². The highest BCUT2D eigenvalue weighted by atomic mass is 35.5. The molecule has 0 radical (unpaired) electrons. The zero-order valence-electron chi connectivity index (χ0n) is 11.7. The molecule has 1 unspecified atom stereocenters. The summed E-state index contributed by atoms with van der Waals surface area (Å²) in [5.74, 6) is -0.0217. The van der Waals surface area contributed by atoms with E-state index in [-0.39, 0.29) is 16.7 Å². The van der Waals surface area contributed by atoms with Crippen LogP contribution in [0.3, 0.4) is 0 Å². The number of carbonyl (C=O) groups is 1. The summed E-state index contributed by atoms with van der Waals surface area (Å²) in [6.45, 7) is 5.01. The first kappa shape index (κ1) is 16.9. The summed E-state index contributed by atoms with van der Waals surface area (Å²) in [5.41, 5.74) is -0.136. The number of hydrogen-bond donors (Lipinski definition) is 2. The molecule has 0 aliphatic heterocycles. The van der Waals surface area contributed by atoms with Crippen LogP contribution < -0.4 is 10.0 Å². The van der Waals surface area contributed by atoms with Gasteiger partial charge in [-0.15, -0.1) is 11.6 Å². The van der Waals surface area contributed by atoms with Gasteiger partial charge in [-0.25, -0.2) is 13.1 Å². The predicted molar refractivity (Wildman–Crippen MR) is 80.5 cm³/mol. The molecule has 0 aromatic heterocycles. The maximum Gasteiger partial charge on any atom is 0.241 e. The lowest BCUT2D eigenvalue weighted by atomic mass is 10.0. The van der Waals surface area contributed by atoms with Crippen molar-refractivity contribution in [3.05, 3.63) is 24.3 Å². The van der Waals surface area contributed by atoms with Gasteiger partial charge in [0.1, 0.15) is 0 Å². The zero-order valence-corrected chi connectivity index (χ0v) is 13.3. The highest BCUT2D eigenvalue weighted by molar-refractivity contribution is 7.89.